The zero-order chi connectivity index (χ0) is 6.85. The molecular formula is C8H13Cl. The highest BCUT2D eigenvalue weighted by atomic mass is 35.5. The van der Waals surface area contributed by atoms with E-state index in [1.807, 2.05) is 6.92 Å². The Bertz CT molecular complexity index is 125. The van der Waals surface area contributed by atoms with Gasteiger partial charge in [-0.25, -0.2) is 0 Å². The molecular weight excluding hydrogens is 132 g/mol. The minimum absolute atomic E-state index is 0.259. The van der Waals surface area contributed by atoms with Crippen LogP contribution in [0.4, 0.5) is 0 Å². The van der Waals surface area contributed by atoms with Gasteiger partial charge in [0.25, 0.3) is 0 Å². The van der Waals surface area contributed by atoms with Crippen LogP contribution in [0.5, 0.6) is 0 Å². The van der Waals surface area contributed by atoms with Crippen LogP contribution in [0.15, 0.2) is 11.6 Å². The van der Waals surface area contributed by atoms with Gasteiger partial charge in [-0.2, -0.15) is 0 Å². The Hall–Kier alpha value is 0.0300. The molecule has 1 rings (SSSR count). The number of allylic oxidation sites excluding steroid dienone is 2. The lowest BCUT2D eigenvalue weighted by Crippen LogP contribution is -1.91. The summed E-state index contributed by atoms with van der Waals surface area (Å²) in [6.45, 7) is 4.29. The molecule has 2 atom stereocenters. The molecule has 0 aromatic rings. The van der Waals surface area contributed by atoms with Crippen LogP contribution < -0.4 is 0 Å². The van der Waals surface area contributed by atoms with E-state index < -0.39 is 0 Å². The Morgan fingerprint density at radius 1 is 1.78 bits per heavy atom. The smallest absolute Gasteiger partial charge is 0.0517 e. The molecule has 0 aromatic carbocycles. The standard InChI is InChI=1S/C8H13Cl/c1-6-3-4-8(5-6)7(2)9/h5-7H,3-4H2,1-2H3. The lowest BCUT2D eigenvalue weighted by molar-refractivity contribution is 0.696. The fourth-order valence-corrected chi connectivity index (χ4v) is 1.44. The van der Waals surface area contributed by atoms with Gasteiger partial charge >= 0.3 is 0 Å². The number of alkyl halides is 1. The van der Waals surface area contributed by atoms with Crippen molar-refractivity contribution in [2.75, 3.05) is 0 Å². The van der Waals surface area contributed by atoms with Gasteiger partial charge in [0.2, 0.25) is 0 Å². The van der Waals surface area contributed by atoms with Crippen LogP contribution in [0.1, 0.15) is 26.7 Å². The molecule has 0 nitrogen and oxygen atoms in total. The first kappa shape index (κ1) is 7.14. The fraction of sp³-hybridized carbons (Fsp3) is 0.750. The van der Waals surface area contributed by atoms with Crippen LogP contribution in [0.25, 0.3) is 0 Å². The number of halogens is 1. The zero-order valence-electron chi connectivity index (χ0n) is 6.02. The molecule has 2 unspecified atom stereocenters. The van der Waals surface area contributed by atoms with E-state index in [1.165, 1.54) is 18.4 Å². The fourth-order valence-electron chi connectivity index (χ4n) is 1.26. The first-order valence-corrected chi connectivity index (χ1v) is 3.98. The van der Waals surface area contributed by atoms with Gasteiger partial charge in [-0.1, -0.05) is 18.6 Å². The Labute approximate surface area is 61.9 Å². The van der Waals surface area contributed by atoms with Crippen molar-refractivity contribution in [2.24, 2.45) is 5.92 Å². The van der Waals surface area contributed by atoms with Gasteiger partial charge < -0.3 is 0 Å². The van der Waals surface area contributed by atoms with E-state index in [0.29, 0.717) is 0 Å². The zero-order valence-corrected chi connectivity index (χ0v) is 6.78. The molecule has 0 heterocycles. The summed E-state index contributed by atoms with van der Waals surface area (Å²) in [4.78, 5) is 0. The monoisotopic (exact) mass is 144 g/mol. The van der Waals surface area contributed by atoms with Crippen LogP contribution in [-0.2, 0) is 0 Å². The maximum Gasteiger partial charge on any atom is 0.0517 e. The lowest BCUT2D eigenvalue weighted by atomic mass is 10.2. The molecule has 0 bridgehead atoms. The number of rotatable bonds is 1. The van der Waals surface area contributed by atoms with Crippen LogP contribution in [0.2, 0.25) is 0 Å². The predicted octanol–water partition coefficient (Wildman–Crippen LogP) is 2.97. The summed E-state index contributed by atoms with van der Waals surface area (Å²) in [5.41, 5.74) is 1.43. The maximum atomic E-state index is 5.88. The highest BCUT2D eigenvalue weighted by Crippen LogP contribution is 2.27. The van der Waals surface area contributed by atoms with E-state index in [4.69, 9.17) is 11.6 Å². The van der Waals surface area contributed by atoms with Gasteiger partial charge in [-0.15, -0.1) is 11.6 Å². The largest absolute Gasteiger partial charge is 0.118 e. The molecule has 0 saturated heterocycles. The molecule has 0 fully saturated rings. The Balaban J connectivity index is 2.52. The molecule has 0 aromatic heterocycles. The van der Waals surface area contributed by atoms with Crippen molar-refractivity contribution in [3.8, 4) is 0 Å². The van der Waals surface area contributed by atoms with Gasteiger partial charge in [0, 0.05) is 0 Å². The molecule has 1 aliphatic carbocycles. The predicted molar refractivity (Wildman–Crippen MR) is 41.8 cm³/mol. The third-order valence-electron chi connectivity index (χ3n) is 1.90. The van der Waals surface area contributed by atoms with Gasteiger partial charge in [0.15, 0.2) is 0 Å². The molecule has 0 radical (unpaired) electrons. The molecule has 1 aliphatic rings. The topological polar surface area (TPSA) is 0 Å². The second-order valence-corrected chi connectivity index (χ2v) is 3.53. The second kappa shape index (κ2) is 2.74. The van der Waals surface area contributed by atoms with Gasteiger partial charge in [0.1, 0.15) is 0 Å². The van der Waals surface area contributed by atoms with Crippen molar-refractivity contribution in [3.63, 3.8) is 0 Å². The number of hydrogen-bond donors (Lipinski definition) is 0. The normalized spacial score (nSPS) is 30.1. The molecule has 0 spiro atoms. The average Bonchev–Trinajstić information content (AvgIpc) is 2.14. The summed E-state index contributed by atoms with van der Waals surface area (Å²) in [6, 6.07) is 0. The van der Waals surface area contributed by atoms with Crippen LogP contribution in [0.3, 0.4) is 0 Å². The molecule has 9 heavy (non-hydrogen) atoms. The van der Waals surface area contributed by atoms with E-state index in [0.717, 1.165) is 5.92 Å². The van der Waals surface area contributed by atoms with Crippen LogP contribution >= 0.6 is 11.6 Å². The van der Waals surface area contributed by atoms with E-state index in [1.54, 1.807) is 0 Å². The minimum Gasteiger partial charge on any atom is -0.118 e. The van der Waals surface area contributed by atoms with E-state index in [-0.39, 0.29) is 5.38 Å². The van der Waals surface area contributed by atoms with Crippen molar-refractivity contribution in [2.45, 2.75) is 32.1 Å². The van der Waals surface area contributed by atoms with E-state index in [9.17, 15) is 0 Å². The van der Waals surface area contributed by atoms with Crippen molar-refractivity contribution in [1.29, 1.82) is 0 Å². The summed E-state index contributed by atoms with van der Waals surface area (Å²) in [5.74, 6) is 0.765. The van der Waals surface area contributed by atoms with Crippen molar-refractivity contribution < 1.29 is 0 Å². The lowest BCUT2D eigenvalue weighted by Gasteiger charge is -2.00. The third-order valence-corrected chi connectivity index (χ3v) is 2.18. The van der Waals surface area contributed by atoms with Gasteiger partial charge in [0.05, 0.1) is 5.38 Å². The van der Waals surface area contributed by atoms with Crippen LogP contribution in [0, 0.1) is 5.92 Å². The van der Waals surface area contributed by atoms with E-state index in [2.05, 4.69) is 13.0 Å². The quantitative estimate of drug-likeness (QED) is 0.392. The summed E-state index contributed by atoms with van der Waals surface area (Å²) in [6.07, 6.45) is 4.82. The van der Waals surface area contributed by atoms with Crippen LogP contribution in [-0.4, -0.2) is 5.38 Å². The minimum atomic E-state index is 0.259. The maximum absolute atomic E-state index is 5.88. The SMILES string of the molecule is CC1C=C(C(C)Cl)CC1. The molecule has 0 amide bonds. The Kier molecular flexibility index (Phi) is 2.18. The molecule has 0 saturated carbocycles. The van der Waals surface area contributed by atoms with Gasteiger partial charge in [-0.3, -0.25) is 0 Å². The average molecular weight is 145 g/mol. The van der Waals surface area contributed by atoms with Gasteiger partial charge in [-0.05, 0) is 25.7 Å². The molecule has 52 valence electrons. The van der Waals surface area contributed by atoms with Crippen molar-refractivity contribution >= 4 is 11.6 Å². The molecule has 0 N–H and O–H groups in total. The summed E-state index contributed by atoms with van der Waals surface area (Å²) in [5, 5.41) is 0.259. The summed E-state index contributed by atoms with van der Waals surface area (Å²) >= 11 is 5.88. The first-order chi connectivity index (χ1) is 4.20. The third kappa shape index (κ3) is 1.72. The van der Waals surface area contributed by atoms with E-state index >= 15 is 0 Å². The molecule has 1 heteroatoms. The highest BCUT2D eigenvalue weighted by molar-refractivity contribution is 6.22. The summed E-state index contributed by atoms with van der Waals surface area (Å²) < 4.78 is 0. The highest BCUT2D eigenvalue weighted by Gasteiger charge is 2.14. The molecule has 0 aliphatic heterocycles. The van der Waals surface area contributed by atoms with Crippen molar-refractivity contribution in [3.05, 3.63) is 11.6 Å². The Morgan fingerprint density at radius 3 is 2.67 bits per heavy atom. The summed E-state index contributed by atoms with van der Waals surface area (Å²) in [7, 11) is 0. The second-order valence-electron chi connectivity index (χ2n) is 2.87. The Morgan fingerprint density at radius 2 is 2.44 bits per heavy atom. The number of hydrogen-bond acceptors (Lipinski definition) is 0. The van der Waals surface area contributed by atoms with Crippen molar-refractivity contribution in [1.82, 2.24) is 0 Å². The first-order valence-electron chi connectivity index (χ1n) is 3.55.